The summed E-state index contributed by atoms with van der Waals surface area (Å²) in [5, 5.41) is 21.9. The molecule has 0 aliphatic carbocycles. The second kappa shape index (κ2) is 10.2. The monoisotopic (exact) mass is 437 g/mol. The van der Waals surface area contributed by atoms with Crippen molar-refractivity contribution in [1.82, 2.24) is 10.3 Å². The van der Waals surface area contributed by atoms with Crippen molar-refractivity contribution in [3.63, 3.8) is 0 Å². The van der Waals surface area contributed by atoms with Crippen molar-refractivity contribution in [1.29, 1.82) is 5.41 Å². The Hall–Kier alpha value is -4.45. The number of phenols is 1. The molecule has 3 N–H and O–H groups in total. The number of hydrogen-bond donors (Lipinski definition) is 3. The molecule has 4 rings (SSSR count). The molecule has 164 valence electrons. The molecule has 1 aromatic heterocycles. The summed E-state index contributed by atoms with van der Waals surface area (Å²) in [6.45, 7) is 0. The minimum Gasteiger partial charge on any atom is -0.508 e. The summed E-state index contributed by atoms with van der Waals surface area (Å²) >= 11 is 0. The third-order valence-electron chi connectivity index (χ3n) is 5.11. The van der Waals surface area contributed by atoms with Gasteiger partial charge in [0.05, 0.1) is 6.04 Å². The van der Waals surface area contributed by atoms with Gasteiger partial charge in [-0.25, -0.2) is 0 Å². The van der Waals surface area contributed by atoms with Crippen molar-refractivity contribution in [2.24, 2.45) is 0 Å². The highest BCUT2D eigenvalue weighted by Crippen LogP contribution is 2.28. The number of amides is 1. The number of phenolic OH excluding ortho intramolecular Hbond substituents is 1. The van der Waals surface area contributed by atoms with E-state index in [9.17, 15) is 9.90 Å². The number of pyridine rings is 1. The number of rotatable bonds is 8. The maximum absolute atomic E-state index is 13.1. The summed E-state index contributed by atoms with van der Waals surface area (Å²) < 4.78 is 5.84. The third kappa shape index (κ3) is 5.62. The normalized spacial score (nSPS) is 11.4. The van der Waals surface area contributed by atoms with Gasteiger partial charge in [0.2, 0.25) is 0 Å². The second-order valence-electron chi connectivity index (χ2n) is 7.45. The lowest BCUT2D eigenvalue weighted by Crippen LogP contribution is -2.30. The zero-order valence-corrected chi connectivity index (χ0v) is 17.8. The Morgan fingerprint density at radius 3 is 2.39 bits per heavy atom. The summed E-state index contributed by atoms with van der Waals surface area (Å²) in [4.78, 5) is 17.2. The zero-order valence-electron chi connectivity index (χ0n) is 17.8. The van der Waals surface area contributed by atoms with Crippen LogP contribution >= 0.6 is 0 Å². The maximum atomic E-state index is 13.1. The highest BCUT2D eigenvalue weighted by atomic mass is 16.5. The molecule has 0 radical (unpaired) electrons. The summed E-state index contributed by atoms with van der Waals surface area (Å²) in [5.74, 6) is 0.937. The van der Waals surface area contributed by atoms with E-state index in [4.69, 9.17) is 10.1 Å². The SMILES string of the molecule is N=C(CC(NC(=O)c1cccc(Oc2ccccc2)c1)c1ccccc1O)c1cccnc1. The highest BCUT2D eigenvalue weighted by Gasteiger charge is 2.21. The standard InChI is InChI=1S/C27H23N3O3/c28-24(20-9-7-15-29-18-20)17-25(23-13-4-5-14-26(23)31)30-27(32)19-8-6-12-22(16-19)33-21-10-2-1-3-11-21/h1-16,18,25,28,31H,17H2,(H,30,32). The number of aromatic nitrogens is 1. The quantitative estimate of drug-likeness (QED) is 0.317. The van der Waals surface area contributed by atoms with Crippen LogP contribution in [0, 0.1) is 5.41 Å². The van der Waals surface area contributed by atoms with Crippen LogP contribution in [0.2, 0.25) is 0 Å². The van der Waals surface area contributed by atoms with E-state index in [1.54, 1.807) is 73.1 Å². The number of para-hydroxylation sites is 2. The van der Waals surface area contributed by atoms with E-state index in [1.165, 1.54) is 0 Å². The predicted octanol–water partition coefficient (Wildman–Crippen LogP) is 5.51. The average molecular weight is 437 g/mol. The van der Waals surface area contributed by atoms with Crippen LogP contribution < -0.4 is 10.1 Å². The van der Waals surface area contributed by atoms with Crippen molar-refractivity contribution in [2.75, 3.05) is 0 Å². The Morgan fingerprint density at radius 2 is 1.64 bits per heavy atom. The van der Waals surface area contributed by atoms with Crippen LogP contribution in [0.3, 0.4) is 0 Å². The van der Waals surface area contributed by atoms with Crippen LogP contribution in [0.25, 0.3) is 0 Å². The molecule has 6 nitrogen and oxygen atoms in total. The van der Waals surface area contributed by atoms with E-state index < -0.39 is 6.04 Å². The van der Waals surface area contributed by atoms with Crippen LogP contribution in [0.5, 0.6) is 17.2 Å². The van der Waals surface area contributed by atoms with Gasteiger partial charge in [-0.1, -0.05) is 48.5 Å². The molecule has 0 bridgehead atoms. The Kier molecular flexibility index (Phi) is 6.75. The van der Waals surface area contributed by atoms with Gasteiger partial charge in [0.15, 0.2) is 0 Å². The molecule has 33 heavy (non-hydrogen) atoms. The molecular formula is C27H23N3O3. The van der Waals surface area contributed by atoms with Gasteiger partial charge in [-0.05, 0) is 42.5 Å². The van der Waals surface area contributed by atoms with Crippen molar-refractivity contribution < 1.29 is 14.6 Å². The lowest BCUT2D eigenvalue weighted by molar-refractivity contribution is 0.0937. The third-order valence-corrected chi connectivity index (χ3v) is 5.11. The minimum absolute atomic E-state index is 0.0583. The van der Waals surface area contributed by atoms with E-state index >= 15 is 0 Å². The van der Waals surface area contributed by atoms with Crippen molar-refractivity contribution in [3.05, 3.63) is 120 Å². The number of nitrogens with one attached hydrogen (secondary N) is 2. The summed E-state index contributed by atoms with van der Waals surface area (Å²) in [7, 11) is 0. The molecule has 6 heteroatoms. The number of nitrogens with zero attached hydrogens (tertiary/aromatic N) is 1. The van der Waals surface area contributed by atoms with Crippen LogP contribution in [0.4, 0.5) is 0 Å². The first-order valence-corrected chi connectivity index (χ1v) is 10.5. The zero-order chi connectivity index (χ0) is 23.0. The molecule has 4 aromatic rings. The van der Waals surface area contributed by atoms with E-state index in [2.05, 4.69) is 10.3 Å². The highest BCUT2D eigenvalue weighted by molar-refractivity contribution is 5.99. The smallest absolute Gasteiger partial charge is 0.251 e. The predicted molar refractivity (Wildman–Crippen MR) is 127 cm³/mol. The number of hydrogen-bond acceptors (Lipinski definition) is 5. The Labute approximate surface area is 192 Å². The Balaban J connectivity index is 1.56. The molecule has 0 aliphatic heterocycles. The van der Waals surface area contributed by atoms with Crippen LogP contribution in [0.1, 0.15) is 33.9 Å². The van der Waals surface area contributed by atoms with Crippen molar-refractivity contribution >= 4 is 11.6 Å². The number of ether oxygens (including phenoxy) is 1. The first-order chi connectivity index (χ1) is 16.1. The van der Waals surface area contributed by atoms with Gasteiger partial charge in [0.1, 0.15) is 17.2 Å². The molecule has 1 heterocycles. The van der Waals surface area contributed by atoms with Crippen LogP contribution in [0.15, 0.2) is 103 Å². The Morgan fingerprint density at radius 1 is 0.909 bits per heavy atom. The largest absolute Gasteiger partial charge is 0.508 e. The van der Waals surface area contributed by atoms with E-state index in [0.717, 1.165) is 0 Å². The summed E-state index contributed by atoms with van der Waals surface area (Å²) in [5.41, 5.74) is 1.91. The molecule has 0 fully saturated rings. The van der Waals surface area contributed by atoms with Crippen LogP contribution in [-0.4, -0.2) is 21.7 Å². The van der Waals surface area contributed by atoms with Gasteiger partial charge in [-0.2, -0.15) is 0 Å². The molecular weight excluding hydrogens is 414 g/mol. The van der Waals surface area contributed by atoms with Gasteiger partial charge >= 0.3 is 0 Å². The van der Waals surface area contributed by atoms with E-state index in [-0.39, 0.29) is 18.1 Å². The Bertz CT molecular complexity index is 1240. The fourth-order valence-electron chi connectivity index (χ4n) is 3.45. The van der Waals surface area contributed by atoms with Gasteiger partial charge < -0.3 is 20.6 Å². The minimum atomic E-state index is -0.606. The molecule has 0 aliphatic rings. The number of carbonyl (C=O) groups is 1. The first kappa shape index (κ1) is 21.8. The average Bonchev–Trinajstić information content (AvgIpc) is 2.85. The number of benzene rings is 3. The molecule has 1 unspecified atom stereocenters. The van der Waals surface area contributed by atoms with Crippen LogP contribution in [-0.2, 0) is 0 Å². The fourth-order valence-corrected chi connectivity index (χ4v) is 3.45. The van der Waals surface area contributed by atoms with Gasteiger partial charge in [0, 0.05) is 41.2 Å². The molecule has 0 saturated heterocycles. The van der Waals surface area contributed by atoms with Gasteiger partial charge in [-0.3, -0.25) is 9.78 Å². The molecule has 1 amide bonds. The van der Waals surface area contributed by atoms with Crippen molar-refractivity contribution in [3.8, 4) is 17.2 Å². The van der Waals surface area contributed by atoms with Gasteiger partial charge in [-0.15, -0.1) is 0 Å². The molecule has 0 saturated carbocycles. The first-order valence-electron chi connectivity index (χ1n) is 10.5. The van der Waals surface area contributed by atoms with E-state index in [0.29, 0.717) is 33.9 Å². The molecule has 3 aromatic carbocycles. The molecule has 0 spiro atoms. The van der Waals surface area contributed by atoms with Crippen molar-refractivity contribution in [2.45, 2.75) is 12.5 Å². The summed E-state index contributed by atoms with van der Waals surface area (Å²) in [6, 6.07) is 26.0. The van der Waals surface area contributed by atoms with E-state index in [1.807, 2.05) is 30.3 Å². The summed E-state index contributed by atoms with van der Waals surface area (Å²) in [6.07, 6.45) is 3.44. The second-order valence-corrected chi connectivity index (χ2v) is 7.45. The lowest BCUT2D eigenvalue weighted by atomic mass is 9.97. The van der Waals surface area contributed by atoms with Gasteiger partial charge in [0.25, 0.3) is 5.91 Å². The topological polar surface area (TPSA) is 95.3 Å². The maximum Gasteiger partial charge on any atom is 0.251 e. The fraction of sp³-hybridized carbons (Fsp3) is 0.0741. The molecule has 1 atom stereocenters. The lowest BCUT2D eigenvalue weighted by Gasteiger charge is -2.21. The number of carbonyl (C=O) groups excluding carboxylic acids is 1. The number of aromatic hydroxyl groups is 1.